The van der Waals surface area contributed by atoms with E-state index in [2.05, 4.69) is 45.0 Å². The van der Waals surface area contributed by atoms with Crippen LogP contribution in [-0.2, 0) is 13.2 Å². The molecule has 0 aliphatic carbocycles. The summed E-state index contributed by atoms with van der Waals surface area (Å²) in [5.74, 6) is 1.77. The Morgan fingerprint density at radius 1 is 0.700 bits per heavy atom. The van der Waals surface area contributed by atoms with Gasteiger partial charge in [-0.2, -0.15) is 0 Å². The molecule has 0 aliphatic rings. The molecular weight excluding hydrogens is 372 g/mol. The predicted octanol–water partition coefficient (Wildman–Crippen LogP) is 6.17. The van der Waals surface area contributed by atoms with Crippen molar-refractivity contribution in [2.24, 2.45) is 0 Å². The van der Waals surface area contributed by atoms with Gasteiger partial charge in [0.2, 0.25) is 0 Å². The first-order chi connectivity index (χ1) is 14.6. The summed E-state index contributed by atoms with van der Waals surface area (Å²) in [7, 11) is 0. The average molecular weight is 403 g/mol. The van der Waals surface area contributed by atoms with Crippen molar-refractivity contribution in [1.82, 2.24) is 0 Å². The smallest absolute Gasteiger partial charge is 0.130 e. The van der Waals surface area contributed by atoms with Crippen LogP contribution in [0.4, 0.5) is 0 Å². The van der Waals surface area contributed by atoms with Crippen LogP contribution >= 0.6 is 0 Å². The van der Waals surface area contributed by atoms with Crippen LogP contribution in [0.1, 0.15) is 39.8 Å². The molecular formula is C27H30O3. The minimum atomic E-state index is 0.123. The summed E-state index contributed by atoms with van der Waals surface area (Å²) < 4.78 is 12.6. The van der Waals surface area contributed by atoms with Gasteiger partial charge >= 0.3 is 0 Å². The molecule has 0 amide bonds. The lowest BCUT2D eigenvalue weighted by atomic mass is 9.96. The Morgan fingerprint density at radius 2 is 1.20 bits per heavy atom. The van der Waals surface area contributed by atoms with E-state index in [0.29, 0.717) is 19.6 Å². The molecule has 0 radical (unpaired) electrons. The Bertz CT molecular complexity index is 976. The van der Waals surface area contributed by atoms with Crippen LogP contribution in [0.2, 0.25) is 0 Å². The first-order valence-corrected chi connectivity index (χ1v) is 10.4. The zero-order chi connectivity index (χ0) is 21.3. The Kier molecular flexibility index (Phi) is 7.69. The second kappa shape index (κ2) is 10.7. The molecule has 30 heavy (non-hydrogen) atoms. The molecule has 0 spiro atoms. The van der Waals surface area contributed by atoms with Gasteiger partial charge < -0.3 is 14.6 Å². The molecule has 0 aromatic heterocycles. The average Bonchev–Trinajstić information content (AvgIpc) is 2.78. The van der Waals surface area contributed by atoms with Gasteiger partial charge in [-0.15, -0.1) is 0 Å². The number of hydrogen-bond donors (Lipinski definition) is 1. The molecule has 0 unspecified atom stereocenters. The summed E-state index contributed by atoms with van der Waals surface area (Å²) in [5.41, 5.74) is 6.48. The van der Waals surface area contributed by atoms with Crippen molar-refractivity contribution in [3.05, 3.63) is 100 Å². The van der Waals surface area contributed by atoms with Crippen LogP contribution in [-0.4, -0.2) is 11.7 Å². The molecule has 3 aromatic carbocycles. The van der Waals surface area contributed by atoms with E-state index in [-0.39, 0.29) is 6.61 Å². The maximum absolute atomic E-state index is 9.19. The third-order valence-electron chi connectivity index (χ3n) is 5.27. The number of hydrogen-bond acceptors (Lipinski definition) is 3. The van der Waals surface area contributed by atoms with E-state index in [0.717, 1.165) is 44.9 Å². The fourth-order valence-electron chi connectivity index (χ4n) is 3.45. The Labute approximate surface area is 179 Å². The predicted molar refractivity (Wildman–Crippen MR) is 123 cm³/mol. The van der Waals surface area contributed by atoms with Crippen molar-refractivity contribution in [1.29, 1.82) is 0 Å². The van der Waals surface area contributed by atoms with Crippen LogP contribution in [0.3, 0.4) is 0 Å². The van der Waals surface area contributed by atoms with Crippen molar-refractivity contribution < 1.29 is 14.6 Å². The molecule has 0 saturated heterocycles. The van der Waals surface area contributed by atoms with Gasteiger partial charge in [0, 0.05) is 17.7 Å². The zero-order valence-electron chi connectivity index (χ0n) is 18.0. The Hall–Kier alpha value is -3.04. The third-order valence-corrected chi connectivity index (χ3v) is 5.27. The largest absolute Gasteiger partial charge is 0.488 e. The number of benzene rings is 3. The SMILES string of the molecule is Cc1c(C)c(OCc2ccccc2)c(C=CCCO)c(C)c1OCc1ccccc1. The quantitative estimate of drug-likeness (QED) is 0.465. The van der Waals surface area contributed by atoms with Gasteiger partial charge in [-0.05, 0) is 49.4 Å². The molecule has 3 nitrogen and oxygen atoms in total. The van der Waals surface area contributed by atoms with Crippen molar-refractivity contribution in [3.8, 4) is 11.5 Å². The lowest BCUT2D eigenvalue weighted by molar-refractivity contribution is 0.291. The summed E-state index contributed by atoms with van der Waals surface area (Å²) >= 11 is 0. The molecule has 0 bridgehead atoms. The lowest BCUT2D eigenvalue weighted by Crippen LogP contribution is -2.06. The number of aliphatic hydroxyl groups is 1. The topological polar surface area (TPSA) is 38.7 Å². The van der Waals surface area contributed by atoms with Crippen molar-refractivity contribution in [3.63, 3.8) is 0 Å². The molecule has 156 valence electrons. The maximum atomic E-state index is 9.19. The molecule has 3 rings (SSSR count). The minimum absolute atomic E-state index is 0.123. The Balaban J connectivity index is 1.94. The van der Waals surface area contributed by atoms with Crippen LogP contribution < -0.4 is 9.47 Å². The molecule has 3 aromatic rings. The van der Waals surface area contributed by atoms with Gasteiger partial charge in [0.1, 0.15) is 24.7 Å². The standard InChI is InChI=1S/C27H30O3/c1-20-21(2)27(30-19-24-14-8-5-9-15-24)25(16-10-11-17-28)22(3)26(20)29-18-23-12-6-4-7-13-23/h4-10,12-16,28H,11,17-19H2,1-3H3. The first kappa shape index (κ1) is 21.7. The number of rotatable bonds is 9. The van der Waals surface area contributed by atoms with Gasteiger partial charge in [-0.3, -0.25) is 0 Å². The fourth-order valence-corrected chi connectivity index (χ4v) is 3.45. The summed E-state index contributed by atoms with van der Waals surface area (Å²) in [6.45, 7) is 7.38. The highest BCUT2D eigenvalue weighted by molar-refractivity contribution is 5.69. The van der Waals surface area contributed by atoms with Crippen LogP contribution in [0.25, 0.3) is 6.08 Å². The number of aliphatic hydroxyl groups excluding tert-OH is 1. The van der Waals surface area contributed by atoms with E-state index in [1.54, 1.807) is 0 Å². The van der Waals surface area contributed by atoms with E-state index < -0.39 is 0 Å². The third kappa shape index (κ3) is 5.31. The summed E-state index contributed by atoms with van der Waals surface area (Å²) in [5, 5.41) is 9.19. The second-order valence-corrected chi connectivity index (χ2v) is 7.41. The highest BCUT2D eigenvalue weighted by Crippen LogP contribution is 2.39. The molecule has 0 fully saturated rings. The van der Waals surface area contributed by atoms with Gasteiger partial charge in [0.25, 0.3) is 0 Å². The molecule has 0 heterocycles. The number of ether oxygens (including phenoxy) is 2. The molecule has 1 N–H and O–H groups in total. The highest BCUT2D eigenvalue weighted by atomic mass is 16.5. The normalized spacial score (nSPS) is 11.1. The zero-order valence-corrected chi connectivity index (χ0v) is 18.0. The van der Waals surface area contributed by atoms with E-state index in [1.807, 2.05) is 48.6 Å². The van der Waals surface area contributed by atoms with Crippen molar-refractivity contribution >= 4 is 6.08 Å². The van der Waals surface area contributed by atoms with Gasteiger partial charge in [0.15, 0.2) is 0 Å². The highest BCUT2D eigenvalue weighted by Gasteiger charge is 2.18. The van der Waals surface area contributed by atoms with Crippen LogP contribution in [0.15, 0.2) is 66.7 Å². The molecule has 0 aliphatic heterocycles. The minimum Gasteiger partial charge on any atom is -0.488 e. The molecule has 0 atom stereocenters. The lowest BCUT2D eigenvalue weighted by Gasteiger charge is -2.21. The Morgan fingerprint density at radius 3 is 1.73 bits per heavy atom. The van der Waals surface area contributed by atoms with Crippen LogP contribution in [0.5, 0.6) is 11.5 Å². The van der Waals surface area contributed by atoms with Crippen molar-refractivity contribution in [2.75, 3.05) is 6.61 Å². The second-order valence-electron chi connectivity index (χ2n) is 7.41. The molecule has 0 saturated carbocycles. The van der Waals surface area contributed by atoms with E-state index in [9.17, 15) is 5.11 Å². The fraction of sp³-hybridized carbons (Fsp3) is 0.259. The van der Waals surface area contributed by atoms with E-state index >= 15 is 0 Å². The van der Waals surface area contributed by atoms with Crippen molar-refractivity contribution in [2.45, 2.75) is 40.4 Å². The summed E-state index contributed by atoms with van der Waals surface area (Å²) in [6.07, 6.45) is 4.62. The molecule has 3 heteroatoms. The van der Waals surface area contributed by atoms with E-state index in [4.69, 9.17) is 9.47 Å². The van der Waals surface area contributed by atoms with Gasteiger partial charge in [-0.1, -0.05) is 72.8 Å². The van der Waals surface area contributed by atoms with Gasteiger partial charge in [-0.25, -0.2) is 0 Å². The maximum Gasteiger partial charge on any atom is 0.130 e. The summed E-state index contributed by atoms with van der Waals surface area (Å²) in [6, 6.07) is 20.4. The monoisotopic (exact) mass is 402 g/mol. The van der Waals surface area contributed by atoms with E-state index in [1.165, 1.54) is 0 Å². The first-order valence-electron chi connectivity index (χ1n) is 10.4. The van der Waals surface area contributed by atoms with Gasteiger partial charge in [0.05, 0.1) is 0 Å². The van der Waals surface area contributed by atoms with Crippen LogP contribution in [0, 0.1) is 20.8 Å². The summed E-state index contributed by atoms with van der Waals surface area (Å²) in [4.78, 5) is 0.